The van der Waals surface area contributed by atoms with Crippen molar-refractivity contribution in [3.8, 4) is 16.9 Å². The molecule has 3 rings (SSSR count). The number of nitrogens with one attached hydrogen (secondary N) is 1. The molecule has 1 aliphatic rings. The Kier molecular flexibility index (Phi) is 4.63. The number of benzene rings is 2. The van der Waals surface area contributed by atoms with Gasteiger partial charge in [-0.05, 0) is 42.7 Å². The highest BCUT2D eigenvalue weighted by Crippen LogP contribution is 2.45. The summed E-state index contributed by atoms with van der Waals surface area (Å²) in [5.41, 5.74) is -0.690. The van der Waals surface area contributed by atoms with Crippen LogP contribution < -0.4 is 10.1 Å². The molecular weight excluding hydrogens is 344 g/mol. The van der Waals surface area contributed by atoms with Crippen molar-refractivity contribution in [2.24, 2.45) is 5.41 Å². The Balaban J connectivity index is 1.77. The van der Waals surface area contributed by atoms with Gasteiger partial charge in [-0.1, -0.05) is 6.07 Å². The summed E-state index contributed by atoms with van der Waals surface area (Å²) in [4.78, 5) is 23.2. The molecule has 0 radical (unpaired) electrons. The van der Waals surface area contributed by atoms with Gasteiger partial charge in [0.1, 0.15) is 17.4 Å². The average Bonchev–Trinajstić information content (AvgIpc) is 3.41. The molecule has 0 atom stereocenters. The molecule has 2 aromatic carbocycles. The van der Waals surface area contributed by atoms with Crippen molar-refractivity contribution >= 4 is 11.9 Å². The van der Waals surface area contributed by atoms with Crippen LogP contribution >= 0.6 is 0 Å². The monoisotopic (exact) mass is 361 g/mol. The van der Waals surface area contributed by atoms with Gasteiger partial charge < -0.3 is 15.2 Å². The summed E-state index contributed by atoms with van der Waals surface area (Å²) < 4.78 is 33.4. The Bertz CT molecular complexity index is 878. The maximum absolute atomic E-state index is 14.3. The molecule has 0 heterocycles. The van der Waals surface area contributed by atoms with Gasteiger partial charge in [-0.3, -0.25) is 9.59 Å². The van der Waals surface area contributed by atoms with E-state index in [0.717, 1.165) is 6.07 Å². The number of amides is 1. The van der Waals surface area contributed by atoms with Crippen LogP contribution in [0.4, 0.5) is 8.78 Å². The lowest BCUT2D eigenvalue weighted by Gasteiger charge is -2.12. The number of hydrogen-bond acceptors (Lipinski definition) is 3. The number of rotatable bonds is 6. The van der Waals surface area contributed by atoms with Crippen LogP contribution in [0.1, 0.15) is 23.2 Å². The molecule has 7 heteroatoms. The lowest BCUT2D eigenvalue weighted by Crippen LogP contribution is -2.34. The quantitative estimate of drug-likeness (QED) is 0.828. The first kappa shape index (κ1) is 17.8. The third kappa shape index (κ3) is 3.37. The first-order chi connectivity index (χ1) is 12.4. The van der Waals surface area contributed by atoms with Crippen molar-refractivity contribution in [2.75, 3.05) is 13.7 Å². The average molecular weight is 361 g/mol. The third-order valence-corrected chi connectivity index (χ3v) is 4.60. The minimum absolute atomic E-state index is 0.0462. The van der Waals surface area contributed by atoms with E-state index in [2.05, 4.69) is 5.32 Å². The van der Waals surface area contributed by atoms with Gasteiger partial charge in [0.15, 0.2) is 0 Å². The summed E-state index contributed by atoms with van der Waals surface area (Å²) in [5, 5.41) is 11.6. The van der Waals surface area contributed by atoms with E-state index in [1.807, 2.05) is 0 Å². The Morgan fingerprint density at radius 3 is 2.42 bits per heavy atom. The first-order valence-corrected chi connectivity index (χ1v) is 8.01. The van der Waals surface area contributed by atoms with Crippen LogP contribution in [0.15, 0.2) is 36.4 Å². The standard InChI is InChI=1S/C19H17F2NO4/c1-26-12-3-5-13(16(21)9-12)11-2-4-14(15(20)8-11)17(23)22-10-19(6-7-19)18(24)25/h2-5,8-9H,6-7,10H2,1H3,(H,22,23)(H,24,25). The van der Waals surface area contributed by atoms with Crippen LogP contribution in [-0.2, 0) is 4.79 Å². The van der Waals surface area contributed by atoms with Gasteiger partial charge in [0, 0.05) is 18.2 Å². The van der Waals surface area contributed by atoms with Crippen LogP contribution in [-0.4, -0.2) is 30.6 Å². The largest absolute Gasteiger partial charge is 0.497 e. The molecule has 136 valence electrons. The second-order valence-corrected chi connectivity index (χ2v) is 6.31. The van der Waals surface area contributed by atoms with E-state index in [0.29, 0.717) is 18.6 Å². The van der Waals surface area contributed by atoms with Crippen molar-refractivity contribution in [1.82, 2.24) is 5.32 Å². The van der Waals surface area contributed by atoms with E-state index in [-0.39, 0.29) is 23.2 Å². The number of halogens is 2. The number of carboxylic acid groups (broad SMARTS) is 1. The normalized spacial score (nSPS) is 14.6. The molecule has 1 amide bonds. The van der Waals surface area contributed by atoms with Gasteiger partial charge in [0.05, 0.1) is 18.1 Å². The highest BCUT2D eigenvalue weighted by molar-refractivity contribution is 5.95. The minimum atomic E-state index is -0.969. The van der Waals surface area contributed by atoms with Crippen molar-refractivity contribution < 1.29 is 28.2 Å². The highest BCUT2D eigenvalue weighted by atomic mass is 19.1. The zero-order chi connectivity index (χ0) is 18.9. The Hall–Kier alpha value is -2.96. The van der Waals surface area contributed by atoms with Crippen molar-refractivity contribution in [1.29, 1.82) is 0 Å². The topological polar surface area (TPSA) is 75.6 Å². The summed E-state index contributed by atoms with van der Waals surface area (Å²) in [7, 11) is 1.41. The van der Waals surface area contributed by atoms with Gasteiger partial charge in [0.25, 0.3) is 5.91 Å². The molecule has 2 N–H and O–H groups in total. The zero-order valence-electron chi connectivity index (χ0n) is 14.0. The Morgan fingerprint density at radius 1 is 1.15 bits per heavy atom. The predicted molar refractivity (Wildman–Crippen MR) is 90.0 cm³/mol. The van der Waals surface area contributed by atoms with Crippen molar-refractivity contribution in [3.05, 3.63) is 53.6 Å². The number of ether oxygens (including phenoxy) is 1. The van der Waals surface area contributed by atoms with E-state index >= 15 is 0 Å². The number of carbonyl (C=O) groups excluding carboxylic acids is 1. The second-order valence-electron chi connectivity index (χ2n) is 6.31. The van der Waals surface area contributed by atoms with Crippen LogP contribution in [0.2, 0.25) is 0 Å². The Morgan fingerprint density at radius 2 is 1.88 bits per heavy atom. The van der Waals surface area contributed by atoms with Crippen molar-refractivity contribution in [2.45, 2.75) is 12.8 Å². The minimum Gasteiger partial charge on any atom is -0.497 e. The molecule has 2 aromatic rings. The van der Waals surface area contributed by atoms with E-state index in [1.165, 1.54) is 31.4 Å². The first-order valence-electron chi connectivity index (χ1n) is 8.01. The number of carboxylic acids is 1. The molecule has 1 fully saturated rings. The molecular formula is C19H17F2NO4. The molecule has 0 bridgehead atoms. The number of methoxy groups -OCH3 is 1. The molecule has 0 saturated heterocycles. The summed E-state index contributed by atoms with van der Waals surface area (Å²) in [6.45, 7) is -0.0462. The summed E-state index contributed by atoms with van der Waals surface area (Å²) in [6, 6.07) is 7.97. The molecule has 0 spiro atoms. The van der Waals surface area contributed by atoms with Crippen LogP contribution in [0.3, 0.4) is 0 Å². The maximum Gasteiger partial charge on any atom is 0.311 e. The lowest BCUT2D eigenvalue weighted by molar-refractivity contribution is -0.143. The van der Waals surface area contributed by atoms with E-state index in [4.69, 9.17) is 9.84 Å². The third-order valence-electron chi connectivity index (χ3n) is 4.60. The second kappa shape index (κ2) is 6.74. The summed E-state index contributed by atoms with van der Waals surface area (Å²) in [5.74, 6) is -2.70. The van der Waals surface area contributed by atoms with Gasteiger partial charge in [-0.2, -0.15) is 0 Å². The molecule has 1 aliphatic carbocycles. The fourth-order valence-corrected chi connectivity index (χ4v) is 2.69. The molecule has 26 heavy (non-hydrogen) atoms. The molecule has 0 aromatic heterocycles. The van der Waals surface area contributed by atoms with Gasteiger partial charge in [-0.15, -0.1) is 0 Å². The van der Waals surface area contributed by atoms with Crippen LogP contribution in [0.5, 0.6) is 5.75 Å². The van der Waals surface area contributed by atoms with Gasteiger partial charge in [-0.25, -0.2) is 8.78 Å². The number of hydrogen-bond donors (Lipinski definition) is 2. The maximum atomic E-state index is 14.3. The highest BCUT2D eigenvalue weighted by Gasteiger charge is 2.50. The van der Waals surface area contributed by atoms with Gasteiger partial charge >= 0.3 is 5.97 Å². The van der Waals surface area contributed by atoms with E-state index < -0.39 is 28.9 Å². The van der Waals surface area contributed by atoms with Gasteiger partial charge in [0.2, 0.25) is 0 Å². The molecule has 5 nitrogen and oxygen atoms in total. The molecule has 0 unspecified atom stereocenters. The fourth-order valence-electron chi connectivity index (χ4n) is 2.69. The number of carbonyl (C=O) groups is 2. The molecule has 1 saturated carbocycles. The van der Waals surface area contributed by atoms with Crippen LogP contribution in [0.25, 0.3) is 11.1 Å². The fraction of sp³-hybridized carbons (Fsp3) is 0.263. The lowest BCUT2D eigenvalue weighted by atomic mass is 10.0. The van der Waals surface area contributed by atoms with E-state index in [9.17, 15) is 18.4 Å². The number of aliphatic carboxylic acids is 1. The SMILES string of the molecule is COc1ccc(-c2ccc(C(=O)NCC3(C(=O)O)CC3)c(F)c2)c(F)c1. The Labute approximate surface area is 148 Å². The van der Waals surface area contributed by atoms with E-state index in [1.54, 1.807) is 6.07 Å². The zero-order valence-corrected chi connectivity index (χ0v) is 14.0. The summed E-state index contributed by atoms with van der Waals surface area (Å²) >= 11 is 0. The van der Waals surface area contributed by atoms with Crippen molar-refractivity contribution in [3.63, 3.8) is 0 Å². The van der Waals surface area contributed by atoms with Crippen LogP contribution in [0, 0.1) is 17.0 Å². The summed E-state index contributed by atoms with van der Waals surface area (Å²) in [6.07, 6.45) is 0.974. The molecule has 0 aliphatic heterocycles. The predicted octanol–water partition coefficient (Wildman–Crippen LogP) is 3.24. The smallest absolute Gasteiger partial charge is 0.311 e.